The van der Waals surface area contributed by atoms with E-state index in [-0.39, 0.29) is 12.1 Å². The molecule has 1 amide bonds. The average molecular weight is 391 g/mol. The highest BCUT2D eigenvalue weighted by atomic mass is 79.9. The Hall–Kier alpha value is -1.33. The molecule has 0 saturated carbocycles. The Bertz CT molecular complexity index is 770. The Labute approximate surface area is 148 Å². The van der Waals surface area contributed by atoms with Crippen molar-refractivity contribution < 1.29 is 4.79 Å². The van der Waals surface area contributed by atoms with Crippen molar-refractivity contribution in [1.29, 1.82) is 0 Å². The van der Waals surface area contributed by atoms with E-state index in [1.165, 1.54) is 23.3 Å². The van der Waals surface area contributed by atoms with Crippen LogP contribution in [0.15, 0.2) is 28.7 Å². The summed E-state index contributed by atoms with van der Waals surface area (Å²) in [4.78, 5) is 14.1. The Morgan fingerprint density at radius 2 is 2.22 bits per heavy atom. The summed E-state index contributed by atoms with van der Waals surface area (Å²) in [6, 6.07) is 8.07. The van der Waals surface area contributed by atoms with Crippen LogP contribution in [0.1, 0.15) is 52.3 Å². The fourth-order valence-electron chi connectivity index (χ4n) is 3.57. The quantitative estimate of drug-likeness (QED) is 0.766. The lowest BCUT2D eigenvalue weighted by Crippen LogP contribution is -2.38. The second-order valence-electron chi connectivity index (χ2n) is 6.33. The van der Waals surface area contributed by atoms with Crippen LogP contribution in [0.5, 0.6) is 0 Å². The van der Waals surface area contributed by atoms with Gasteiger partial charge >= 0.3 is 0 Å². The SMILES string of the molecule is CC[C@H]1CCc2c(sc3c2C(=O)N[C@H](c2cccc(Br)c2)N3)C1. The first-order valence-corrected chi connectivity index (χ1v) is 9.74. The van der Waals surface area contributed by atoms with Crippen LogP contribution in [0.25, 0.3) is 0 Å². The van der Waals surface area contributed by atoms with Gasteiger partial charge in [-0.25, -0.2) is 0 Å². The summed E-state index contributed by atoms with van der Waals surface area (Å²) in [5.74, 6) is 0.836. The lowest BCUT2D eigenvalue weighted by molar-refractivity contribution is 0.0935. The average Bonchev–Trinajstić information content (AvgIpc) is 2.92. The number of hydrogen-bond acceptors (Lipinski definition) is 3. The second kappa shape index (κ2) is 5.95. The third-order valence-electron chi connectivity index (χ3n) is 4.90. The number of carbonyl (C=O) groups is 1. The number of thiophene rings is 1. The van der Waals surface area contributed by atoms with E-state index in [9.17, 15) is 4.79 Å². The first-order chi connectivity index (χ1) is 11.2. The predicted molar refractivity (Wildman–Crippen MR) is 98.1 cm³/mol. The lowest BCUT2D eigenvalue weighted by Gasteiger charge is -2.27. The minimum Gasteiger partial charge on any atom is -0.353 e. The highest BCUT2D eigenvalue weighted by molar-refractivity contribution is 9.10. The summed E-state index contributed by atoms with van der Waals surface area (Å²) in [5, 5.41) is 7.68. The van der Waals surface area contributed by atoms with Gasteiger partial charge in [-0.2, -0.15) is 0 Å². The number of anilines is 1. The Balaban J connectivity index is 1.68. The van der Waals surface area contributed by atoms with Crippen LogP contribution in [0, 0.1) is 5.92 Å². The number of benzene rings is 1. The molecule has 120 valence electrons. The molecule has 3 nitrogen and oxygen atoms in total. The standard InChI is InChI=1S/C18H19BrN2OS/c1-2-10-6-7-13-14(8-10)23-18-15(13)17(22)20-16(21-18)11-4-3-5-12(19)9-11/h3-5,9-10,16,21H,2,6-8H2,1H3,(H,20,22)/t10-,16-/m0/s1. The molecule has 1 aromatic heterocycles. The van der Waals surface area contributed by atoms with Gasteiger partial charge in [0.15, 0.2) is 0 Å². The molecule has 0 spiro atoms. The van der Waals surface area contributed by atoms with Crippen molar-refractivity contribution in [2.75, 3.05) is 5.32 Å². The summed E-state index contributed by atoms with van der Waals surface area (Å²) in [7, 11) is 0. The number of fused-ring (bicyclic) bond motifs is 3. The summed E-state index contributed by atoms with van der Waals surface area (Å²) >= 11 is 5.28. The molecule has 5 heteroatoms. The Kier molecular flexibility index (Phi) is 3.93. The van der Waals surface area contributed by atoms with E-state index in [1.54, 1.807) is 11.3 Å². The van der Waals surface area contributed by atoms with Crippen molar-refractivity contribution >= 4 is 38.2 Å². The maximum atomic E-state index is 12.7. The molecule has 1 aliphatic heterocycles. The Morgan fingerprint density at radius 3 is 3.00 bits per heavy atom. The van der Waals surface area contributed by atoms with Crippen LogP contribution in [0.4, 0.5) is 5.00 Å². The smallest absolute Gasteiger partial charge is 0.256 e. The molecule has 23 heavy (non-hydrogen) atoms. The molecule has 2 atom stereocenters. The van der Waals surface area contributed by atoms with E-state index < -0.39 is 0 Å². The maximum Gasteiger partial charge on any atom is 0.256 e. The van der Waals surface area contributed by atoms with Crippen molar-refractivity contribution in [2.45, 2.75) is 38.8 Å². The van der Waals surface area contributed by atoms with Gasteiger partial charge in [-0.1, -0.05) is 41.4 Å². The van der Waals surface area contributed by atoms with E-state index >= 15 is 0 Å². The van der Waals surface area contributed by atoms with E-state index in [0.717, 1.165) is 39.4 Å². The molecule has 0 radical (unpaired) electrons. The maximum absolute atomic E-state index is 12.7. The van der Waals surface area contributed by atoms with Crippen molar-refractivity contribution in [2.24, 2.45) is 5.92 Å². The van der Waals surface area contributed by atoms with Crippen LogP contribution in [-0.4, -0.2) is 5.91 Å². The fraction of sp³-hybridized carbons (Fsp3) is 0.389. The van der Waals surface area contributed by atoms with Gasteiger partial charge in [0.2, 0.25) is 0 Å². The van der Waals surface area contributed by atoms with Gasteiger partial charge in [-0.05, 0) is 48.4 Å². The number of amides is 1. The van der Waals surface area contributed by atoms with Crippen molar-refractivity contribution in [1.82, 2.24) is 5.32 Å². The summed E-state index contributed by atoms with van der Waals surface area (Å²) in [6.45, 7) is 2.26. The summed E-state index contributed by atoms with van der Waals surface area (Å²) in [6.07, 6.45) is 4.43. The van der Waals surface area contributed by atoms with Crippen molar-refractivity contribution in [3.05, 3.63) is 50.3 Å². The van der Waals surface area contributed by atoms with Gasteiger partial charge in [-0.15, -0.1) is 11.3 Å². The number of rotatable bonds is 2. The molecule has 0 saturated heterocycles. The number of nitrogens with one attached hydrogen (secondary N) is 2. The van der Waals surface area contributed by atoms with Crippen LogP contribution in [0.3, 0.4) is 0 Å². The molecule has 0 fully saturated rings. The van der Waals surface area contributed by atoms with Crippen LogP contribution in [-0.2, 0) is 12.8 Å². The first-order valence-electron chi connectivity index (χ1n) is 8.13. The van der Waals surface area contributed by atoms with Gasteiger partial charge in [-0.3, -0.25) is 4.79 Å². The third-order valence-corrected chi connectivity index (χ3v) is 6.58. The van der Waals surface area contributed by atoms with Gasteiger partial charge in [0, 0.05) is 9.35 Å². The van der Waals surface area contributed by atoms with E-state index in [1.807, 2.05) is 24.3 Å². The molecule has 4 rings (SSSR count). The summed E-state index contributed by atoms with van der Waals surface area (Å²) in [5.41, 5.74) is 3.24. The second-order valence-corrected chi connectivity index (χ2v) is 8.35. The Morgan fingerprint density at radius 1 is 1.35 bits per heavy atom. The normalized spacial score (nSPS) is 22.8. The number of carbonyl (C=O) groups excluding carboxylic acids is 1. The van der Waals surface area contributed by atoms with Gasteiger partial charge in [0.05, 0.1) is 5.56 Å². The molecule has 1 aliphatic carbocycles. The van der Waals surface area contributed by atoms with Crippen molar-refractivity contribution in [3.8, 4) is 0 Å². The molecule has 2 heterocycles. The molecule has 1 aromatic carbocycles. The van der Waals surface area contributed by atoms with E-state index in [0.29, 0.717) is 0 Å². The van der Waals surface area contributed by atoms with Gasteiger partial charge in [0.25, 0.3) is 5.91 Å². The van der Waals surface area contributed by atoms with Crippen LogP contribution < -0.4 is 10.6 Å². The minimum atomic E-state index is -0.158. The molecule has 0 unspecified atom stereocenters. The van der Waals surface area contributed by atoms with Gasteiger partial charge in [0.1, 0.15) is 11.2 Å². The van der Waals surface area contributed by atoms with Crippen LogP contribution >= 0.6 is 27.3 Å². The highest BCUT2D eigenvalue weighted by Gasteiger charge is 2.33. The largest absolute Gasteiger partial charge is 0.353 e. The highest BCUT2D eigenvalue weighted by Crippen LogP contribution is 2.43. The number of halogens is 1. The predicted octanol–water partition coefficient (Wildman–Crippen LogP) is 4.88. The molecule has 2 N–H and O–H groups in total. The summed E-state index contributed by atoms with van der Waals surface area (Å²) < 4.78 is 1.02. The topological polar surface area (TPSA) is 41.1 Å². The monoisotopic (exact) mass is 390 g/mol. The zero-order chi connectivity index (χ0) is 16.0. The molecule has 2 aliphatic rings. The lowest BCUT2D eigenvalue weighted by atomic mass is 9.85. The molecular formula is C18H19BrN2OS. The molecule has 0 bridgehead atoms. The van der Waals surface area contributed by atoms with E-state index in [4.69, 9.17) is 0 Å². The van der Waals surface area contributed by atoms with E-state index in [2.05, 4.69) is 33.5 Å². The molecular weight excluding hydrogens is 372 g/mol. The fourth-order valence-corrected chi connectivity index (χ4v) is 5.37. The van der Waals surface area contributed by atoms with Gasteiger partial charge < -0.3 is 10.6 Å². The zero-order valence-corrected chi connectivity index (χ0v) is 15.4. The third kappa shape index (κ3) is 2.70. The van der Waals surface area contributed by atoms with Crippen LogP contribution in [0.2, 0.25) is 0 Å². The first kappa shape index (κ1) is 15.2. The number of hydrogen-bond donors (Lipinski definition) is 2. The molecule has 2 aromatic rings. The minimum absolute atomic E-state index is 0.0659. The van der Waals surface area contributed by atoms with Crippen molar-refractivity contribution in [3.63, 3.8) is 0 Å². The zero-order valence-electron chi connectivity index (χ0n) is 13.0.